The van der Waals surface area contributed by atoms with E-state index in [2.05, 4.69) is 22.1 Å². The first-order chi connectivity index (χ1) is 10.3. The van der Waals surface area contributed by atoms with Gasteiger partial charge in [0.2, 0.25) is 5.89 Å². The zero-order valence-electron chi connectivity index (χ0n) is 12.7. The van der Waals surface area contributed by atoms with Crippen LogP contribution in [0.25, 0.3) is 11.3 Å². The molecule has 1 fully saturated rings. The maximum atomic E-state index is 5.98. The topological polar surface area (TPSA) is 41.3 Å². The third kappa shape index (κ3) is 3.17. The van der Waals surface area contributed by atoms with E-state index in [9.17, 15) is 0 Å². The Hall–Kier alpha value is -1.65. The summed E-state index contributed by atoms with van der Waals surface area (Å²) in [6, 6.07) is 10.9. The van der Waals surface area contributed by atoms with Crippen LogP contribution in [0.1, 0.15) is 31.7 Å². The lowest BCUT2D eigenvalue weighted by Crippen LogP contribution is -2.45. The quantitative estimate of drug-likeness (QED) is 0.937. The fraction of sp³-hybridized carbons (Fsp3) is 0.471. The lowest BCUT2D eigenvalue weighted by atomic mass is 10.0. The van der Waals surface area contributed by atoms with Crippen molar-refractivity contribution in [3.8, 4) is 11.3 Å². The van der Waals surface area contributed by atoms with Gasteiger partial charge in [0.05, 0.1) is 12.2 Å². The molecule has 3 rings (SSSR count). The van der Waals surface area contributed by atoms with Gasteiger partial charge in [-0.2, -0.15) is 0 Å². The standard InChI is InChI=1S/C17H23N3O/c1-13(20-10-6-9-15(12-20)18-2)17-19-11-16(21-17)14-7-4-3-5-8-14/h3-5,7-8,11,13,15,18H,6,9-10,12H2,1-2H3. The first kappa shape index (κ1) is 14.3. The zero-order valence-corrected chi connectivity index (χ0v) is 12.7. The molecule has 0 saturated carbocycles. The fourth-order valence-corrected chi connectivity index (χ4v) is 2.97. The summed E-state index contributed by atoms with van der Waals surface area (Å²) in [5.74, 6) is 1.66. The molecule has 0 spiro atoms. The van der Waals surface area contributed by atoms with Crippen LogP contribution in [0.3, 0.4) is 0 Å². The van der Waals surface area contributed by atoms with Gasteiger partial charge >= 0.3 is 0 Å². The summed E-state index contributed by atoms with van der Waals surface area (Å²) in [5, 5.41) is 3.38. The second-order valence-electron chi connectivity index (χ2n) is 5.73. The fourth-order valence-electron chi connectivity index (χ4n) is 2.97. The van der Waals surface area contributed by atoms with Gasteiger partial charge in [0, 0.05) is 18.2 Å². The zero-order chi connectivity index (χ0) is 14.7. The molecule has 1 aliphatic rings. The molecule has 0 amide bonds. The normalized spacial score (nSPS) is 21.3. The number of piperidine rings is 1. The summed E-state index contributed by atoms with van der Waals surface area (Å²) in [5.41, 5.74) is 1.08. The molecule has 112 valence electrons. The van der Waals surface area contributed by atoms with E-state index in [0.717, 1.165) is 30.3 Å². The molecule has 0 bridgehead atoms. The summed E-state index contributed by atoms with van der Waals surface area (Å²) in [6.45, 7) is 4.35. The molecular weight excluding hydrogens is 262 g/mol. The highest BCUT2D eigenvalue weighted by Gasteiger charge is 2.26. The van der Waals surface area contributed by atoms with Gasteiger partial charge in [-0.1, -0.05) is 30.3 Å². The van der Waals surface area contributed by atoms with Gasteiger partial charge in [0.1, 0.15) is 0 Å². The van der Waals surface area contributed by atoms with Crippen LogP contribution in [-0.2, 0) is 0 Å². The van der Waals surface area contributed by atoms with Crippen LogP contribution in [0.5, 0.6) is 0 Å². The third-order valence-corrected chi connectivity index (χ3v) is 4.35. The number of nitrogens with one attached hydrogen (secondary N) is 1. The van der Waals surface area contributed by atoms with Crippen LogP contribution in [0.4, 0.5) is 0 Å². The molecule has 0 aliphatic carbocycles. The van der Waals surface area contributed by atoms with Gasteiger partial charge in [-0.05, 0) is 33.4 Å². The molecule has 21 heavy (non-hydrogen) atoms. The molecule has 1 aromatic heterocycles. The highest BCUT2D eigenvalue weighted by atomic mass is 16.4. The molecule has 2 unspecified atom stereocenters. The lowest BCUT2D eigenvalue weighted by molar-refractivity contribution is 0.132. The first-order valence-corrected chi connectivity index (χ1v) is 7.70. The van der Waals surface area contributed by atoms with Crippen molar-refractivity contribution in [3.05, 3.63) is 42.4 Å². The molecule has 0 radical (unpaired) electrons. The van der Waals surface area contributed by atoms with E-state index < -0.39 is 0 Å². The number of aromatic nitrogens is 1. The molecule has 2 heterocycles. The van der Waals surface area contributed by atoms with Crippen molar-refractivity contribution in [2.24, 2.45) is 0 Å². The number of hydrogen-bond acceptors (Lipinski definition) is 4. The van der Waals surface area contributed by atoms with Gasteiger partial charge in [-0.15, -0.1) is 0 Å². The Morgan fingerprint density at radius 1 is 1.33 bits per heavy atom. The Morgan fingerprint density at radius 2 is 2.14 bits per heavy atom. The van der Waals surface area contributed by atoms with E-state index in [0.29, 0.717) is 6.04 Å². The Kier molecular flexibility index (Phi) is 4.36. The summed E-state index contributed by atoms with van der Waals surface area (Å²) in [7, 11) is 2.04. The minimum atomic E-state index is 0.221. The smallest absolute Gasteiger partial charge is 0.211 e. The number of nitrogens with zero attached hydrogens (tertiary/aromatic N) is 2. The number of rotatable bonds is 4. The van der Waals surface area contributed by atoms with Crippen molar-refractivity contribution in [2.45, 2.75) is 31.8 Å². The van der Waals surface area contributed by atoms with Gasteiger partial charge in [0.15, 0.2) is 5.76 Å². The van der Waals surface area contributed by atoms with Gasteiger partial charge < -0.3 is 9.73 Å². The van der Waals surface area contributed by atoms with Gasteiger partial charge in [-0.3, -0.25) is 4.90 Å². The predicted octanol–water partition coefficient (Wildman–Crippen LogP) is 3.09. The molecule has 1 saturated heterocycles. The van der Waals surface area contributed by atoms with Crippen molar-refractivity contribution in [1.29, 1.82) is 0 Å². The Balaban J connectivity index is 1.73. The number of likely N-dealkylation sites (tertiary alicyclic amines) is 1. The summed E-state index contributed by atoms with van der Waals surface area (Å²) >= 11 is 0. The van der Waals surface area contributed by atoms with E-state index in [-0.39, 0.29) is 6.04 Å². The molecule has 4 nitrogen and oxygen atoms in total. The molecule has 1 aliphatic heterocycles. The first-order valence-electron chi connectivity index (χ1n) is 7.70. The van der Waals surface area contributed by atoms with Crippen LogP contribution < -0.4 is 5.32 Å². The Labute approximate surface area is 126 Å². The highest BCUT2D eigenvalue weighted by Crippen LogP contribution is 2.27. The number of hydrogen-bond donors (Lipinski definition) is 1. The average Bonchev–Trinajstić information content (AvgIpc) is 3.05. The molecular formula is C17H23N3O. The molecule has 1 aromatic carbocycles. The van der Waals surface area contributed by atoms with Crippen LogP contribution in [0.2, 0.25) is 0 Å². The number of oxazole rings is 1. The van der Waals surface area contributed by atoms with Crippen molar-refractivity contribution in [3.63, 3.8) is 0 Å². The largest absolute Gasteiger partial charge is 0.439 e. The number of likely N-dealkylation sites (N-methyl/N-ethyl adjacent to an activating group) is 1. The summed E-state index contributed by atoms with van der Waals surface area (Å²) < 4.78 is 5.98. The SMILES string of the molecule is CNC1CCCN(C(C)c2ncc(-c3ccccc3)o2)C1. The van der Waals surface area contributed by atoms with E-state index in [1.807, 2.05) is 43.6 Å². The Bertz CT molecular complexity index is 566. The van der Waals surface area contributed by atoms with Crippen molar-refractivity contribution < 1.29 is 4.42 Å². The van der Waals surface area contributed by atoms with Crippen LogP contribution in [-0.4, -0.2) is 36.1 Å². The second kappa shape index (κ2) is 6.41. The molecule has 1 N–H and O–H groups in total. The van der Waals surface area contributed by atoms with E-state index in [4.69, 9.17) is 4.42 Å². The maximum absolute atomic E-state index is 5.98. The highest BCUT2D eigenvalue weighted by molar-refractivity contribution is 5.55. The minimum Gasteiger partial charge on any atom is -0.439 e. The van der Waals surface area contributed by atoms with E-state index >= 15 is 0 Å². The Morgan fingerprint density at radius 3 is 2.90 bits per heavy atom. The van der Waals surface area contributed by atoms with Crippen molar-refractivity contribution in [2.75, 3.05) is 20.1 Å². The van der Waals surface area contributed by atoms with Crippen molar-refractivity contribution in [1.82, 2.24) is 15.2 Å². The van der Waals surface area contributed by atoms with Gasteiger partial charge in [0.25, 0.3) is 0 Å². The van der Waals surface area contributed by atoms with Crippen LogP contribution in [0.15, 0.2) is 40.9 Å². The van der Waals surface area contributed by atoms with Gasteiger partial charge in [-0.25, -0.2) is 4.98 Å². The molecule has 4 heteroatoms. The van der Waals surface area contributed by atoms with Crippen molar-refractivity contribution >= 4 is 0 Å². The summed E-state index contributed by atoms with van der Waals surface area (Å²) in [4.78, 5) is 6.94. The monoisotopic (exact) mass is 285 g/mol. The summed E-state index contributed by atoms with van der Waals surface area (Å²) in [6.07, 6.45) is 4.31. The third-order valence-electron chi connectivity index (χ3n) is 4.35. The van der Waals surface area contributed by atoms with Crippen LogP contribution >= 0.6 is 0 Å². The number of benzene rings is 1. The average molecular weight is 285 g/mol. The second-order valence-corrected chi connectivity index (χ2v) is 5.73. The molecule has 2 aromatic rings. The van der Waals surface area contributed by atoms with E-state index in [1.165, 1.54) is 12.8 Å². The molecule has 2 atom stereocenters. The van der Waals surface area contributed by atoms with E-state index in [1.54, 1.807) is 0 Å². The maximum Gasteiger partial charge on any atom is 0.211 e. The lowest BCUT2D eigenvalue weighted by Gasteiger charge is -2.35. The predicted molar refractivity (Wildman–Crippen MR) is 84.0 cm³/mol. The minimum absolute atomic E-state index is 0.221. The van der Waals surface area contributed by atoms with Crippen LogP contribution in [0, 0.1) is 0 Å².